The summed E-state index contributed by atoms with van der Waals surface area (Å²) in [4.78, 5) is 41.5. The minimum absolute atomic E-state index is 0.00250. The Balaban J connectivity index is 1.28. The molecule has 0 spiro atoms. The standard InChI is InChI=1S/C22H25N3O4S/c26-20-12-16(22(28)23-13-19-4-3-11-30-19)14-25(20)17-5-7-18(8-6-17)29-15-21(27)24-9-1-2-10-24/h3-8,11,16H,1-2,9-10,12-15H2,(H,23,28). The number of benzene rings is 1. The van der Waals surface area contributed by atoms with Gasteiger partial charge in [-0.2, -0.15) is 0 Å². The van der Waals surface area contributed by atoms with Gasteiger partial charge in [0.2, 0.25) is 11.8 Å². The maximum absolute atomic E-state index is 12.4. The van der Waals surface area contributed by atoms with Crippen LogP contribution in [0.4, 0.5) is 5.69 Å². The summed E-state index contributed by atoms with van der Waals surface area (Å²) in [5, 5.41) is 4.89. The van der Waals surface area contributed by atoms with Crippen molar-refractivity contribution in [1.29, 1.82) is 0 Å². The number of carbonyl (C=O) groups is 3. The quantitative estimate of drug-likeness (QED) is 0.736. The highest BCUT2D eigenvalue weighted by Gasteiger charge is 2.35. The van der Waals surface area contributed by atoms with Crippen LogP contribution in [0, 0.1) is 5.92 Å². The predicted octanol–water partition coefficient (Wildman–Crippen LogP) is 2.42. The number of nitrogens with one attached hydrogen (secondary N) is 1. The number of hydrogen-bond donors (Lipinski definition) is 1. The van der Waals surface area contributed by atoms with Gasteiger partial charge in [0.05, 0.1) is 12.5 Å². The van der Waals surface area contributed by atoms with Crippen LogP contribution in [0.1, 0.15) is 24.1 Å². The van der Waals surface area contributed by atoms with Gasteiger partial charge in [0.15, 0.2) is 6.61 Å². The molecule has 3 amide bonds. The van der Waals surface area contributed by atoms with Crippen LogP contribution in [0.15, 0.2) is 41.8 Å². The van der Waals surface area contributed by atoms with Gasteiger partial charge >= 0.3 is 0 Å². The summed E-state index contributed by atoms with van der Waals surface area (Å²) in [7, 11) is 0. The lowest BCUT2D eigenvalue weighted by atomic mass is 10.1. The summed E-state index contributed by atoms with van der Waals surface area (Å²) in [6.07, 6.45) is 2.31. The van der Waals surface area contributed by atoms with Crippen molar-refractivity contribution in [2.45, 2.75) is 25.8 Å². The van der Waals surface area contributed by atoms with Crippen LogP contribution in [0.5, 0.6) is 5.75 Å². The monoisotopic (exact) mass is 427 g/mol. The largest absolute Gasteiger partial charge is 0.484 e. The number of anilines is 1. The van der Waals surface area contributed by atoms with E-state index in [2.05, 4.69) is 5.32 Å². The van der Waals surface area contributed by atoms with E-state index >= 15 is 0 Å². The van der Waals surface area contributed by atoms with Crippen LogP contribution in [0.25, 0.3) is 0 Å². The highest BCUT2D eigenvalue weighted by atomic mass is 32.1. The molecule has 1 N–H and O–H groups in total. The Labute approximate surface area is 179 Å². The van der Waals surface area contributed by atoms with Crippen molar-refractivity contribution in [3.63, 3.8) is 0 Å². The first-order chi connectivity index (χ1) is 14.6. The molecule has 1 aromatic heterocycles. The summed E-state index contributed by atoms with van der Waals surface area (Å²) in [5.41, 5.74) is 0.728. The molecule has 158 valence electrons. The molecule has 3 heterocycles. The van der Waals surface area contributed by atoms with E-state index in [0.29, 0.717) is 18.8 Å². The molecular weight excluding hydrogens is 402 g/mol. The van der Waals surface area contributed by atoms with E-state index in [1.165, 1.54) is 0 Å². The summed E-state index contributed by atoms with van der Waals surface area (Å²) >= 11 is 1.59. The summed E-state index contributed by atoms with van der Waals surface area (Å²) < 4.78 is 5.59. The van der Waals surface area contributed by atoms with Crippen molar-refractivity contribution in [2.24, 2.45) is 5.92 Å². The molecule has 1 aromatic carbocycles. The molecule has 2 saturated heterocycles. The molecule has 2 aromatic rings. The lowest BCUT2D eigenvalue weighted by Crippen LogP contribution is -2.32. The lowest BCUT2D eigenvalue weighted by molar-refractivity contribution is -0.132. The highest BCUT2D eigenvalue weighted by molar-refractivity contribution is 7.09. The van der Waals surface area contributed by atoms with Crippen molar-refractivity contribution >= 4 is 34.7 Å². The van der Waals surface area contributed by atoms with Gasteiger partial charge in [-0.1, -0.05) is 6.07 Å². The Morgan fingerprint density at radius 1 is 1.13 bits per heavy atom. The third kappa shape index (κ3) is 4.81. The molecule has 0 bridgehead atoms. The Bertz CT molecular complexity index is 892. The van der Waals surface area contributed by atoms with E-state index in [1.807, 2.05) is 22.4 Å². The van der Waals surface area contributed by atoms with Gasteiger partial charge in [0.25, 0.3) is 5.91 Å². The van der Waals surface area contributed by atoms with Crippen molar-refractivity contribution in [3.8, 4) is 5.75 Å². The smallest absolute Gasteiger partial charge is 0.260 e. The third-order valence-electron chi connectivity index (χ3n) is 5.48. The molecule has 4 rings (SSSR count). The number of amides is 3. The number of likely N-dealkylation sites (tertiary alicyclic amines) is 1. The van der Waals surface area contributed by atoms with E-state index in [-0.39, 0.29) is 36.7 Å². The minimum Gasteiger partial charge on any atom is -0.484 e. The molecule has 0 aliphatic carbocycles. The maximum atomic E-state index is 12.4. The van der Waals surface area contributed by atoms with Crippen molar-refractivity contribution in [2.75, 3.05) is 31.1 Å². The Morgan fingerprint density at radius 3 is 2.60 bits per heavy atom. The zero-order valence-electron chi connectivity index (χ0n) is 16.7. The predicted molar refractivity (Wildman–Crippen MR) is 114 cm³/mol. The molecule has 7 nitrogen and oxygen atoms in total. The van der Waals surface area contributed by atoms with E-state index in [9.17, 15) is 14.4 Å². The normalized spacial score (nSPS) is 18.7. The van der Waals surface area contributed by atoms with Gasteiger partial charge in [-0.15, -0.1) is 11.3 Å². The molecule has 30 heavy (non-hydrogen) atoms. The number of carbonyl (C=O) groups excluding carboxylic acids is 3. The average molecular weight is 428 g/mol. The number of thiophene rings is 1. The van der Waals surface area contributed by atoms with E-state index in [1.54, 1.807) is 40.5 Å². The van der Waals surface area contributed by atoms with Crippen LogP contribution in [-0.2, 0) is 20.9 Å². The molecule has 1 atom stereocenters. The summed E-state index contributed by atoms with van der Waals surface area (Å²) in [6, 6.07) is 11.0. The Morgan fingerprint density at radius 2 is 1.90 bits per heavy atom. The van der Waals surface area contributed by atoms with Gasteiger partial charge in [0.1, 0.15) is 5.75 Å². The van der Waals surface area contributed by atoms with Crippen LogP contribution in [0.2, 0.25) is 0 Å². The molecule has 2 fully saturated rings. The topological polar surface area (TPSA) is 79.0 Å². The molecular formula is C22H25N3O4S. The zero-order chi connectivity index (χ0) is 20.9. The van der Waals surface area contributed by atoms with Gasteiger partial charge < -0.3 is 19.9 Å². The fourth-order valence-corrected chi connectivity index (χ4v) is 4.43. The van der Waals surface area contributed by atoms with E-state index in [0.717, 1.165) is 36.5 Å². The SMILES string of the molecule is O=C(NCc1cccs1)C1CC(=O)N(c2ccc(OCC(=O)N3CCCC3)cc2)C1. The third-order valence-corrected chi connectivity index (χ3v) is 6.36. The van der Waals surface area contributed by atoms with Crippen molar-refractivity contribution in [3.05, 3.63) is 46.7 Å². The highest BCUT2D eigenvalue weighted by Crippen LogP contribution is 2.27. The number of hydrogen-bond acceptors (Lipinski definition) is 5. The molecule has 1 unspecified atom stereocenters. The molecule has 2 aliphatic heterocycles. The second-order valence-electron chi connectivity index (χ2n) is 7.57. The molecule has 0 radical (unpaired) electrons. The number of rotatable bonds is 7. The van der Waals surface area contributed by atoms with Crippen molar-refractivity contribution in [1.82, 2.24) is 10.2 Å². The summed E-state index contributed by atoms with van der Waals surface area (Å²) in [6.45, 7) is 2.49. The van der Waals surface area contributed by atoms with Gasteiger partial charge in [-0.3, -0.25) is 14.4 Å². The first-order valence-electron chi connectivity index (χ1n) is 10.2. The first kappa shape index (κ1) is 20.4. The Kier molecular flexibility index (Phi) is 6.32. The summed E-state index contributed by atoms with van der Waals surface area (Å²) in [5.74, 6) is 0.0705. The second-order valence-corrected chi connectivity index (χ2v) is 8.61. The van der Waals surface area contributed by atoms with Crippen LogP contribution < -0.4 is 15.0 Å². The van der Waals surface area contributed by atoms with Gasteiger partial charge in [-0.25, -0.2) is 0 Å². The first-order valence-corrected chi connectivity index (χ1v) is 11.1. The molecule has 2 aliphatic rings. The Hall–Kier alpha value is -2.87. The second kappa shape index (κ2) is 9.30. The lowest BCUT2D eigenvalue weighted by Gasteiger charge is -2.18. The van der Waals surface area contributed by atoms with Crippen LogP contribution >= 0.6 is 11.3 Å². The molecule has 0 saturated carbocycles. The van der Waals surface area contributed by atoms with Crippen molar-refractivity contribution < 1.29 is 19.1 Å². The van der Waals surface area contributed by atoms with Gasteiger partial charge in [-0.05, 0) is 48.6 Å². The number of ether oxygens (including phenoxy) is 1. The fraction of sp³-hybridized carbons (Fsp3) is 0.409. The minimum atomic E-state index is -0.355. The number of nitrogens with zero attached hydrogens (tertiary/aromatic N) is 2. The van der Waals surface area contributed by atoms with Crippen LogP contribution in [-0.4, -0.2) is 48.9 Å². The van der Waals surface area contributed by atoms with E-state index in [4.69, 9.17) is 4.74 Å². The van der Waals surface area contributed by atoms with Gasteiger partial charge in [0, 0.05) is 36.6 Å². The maximum Gasteiger partial charge on any atom is 0.260 e. The van der Waals surface area contributed by atoms with E-state index < -0.39 is 0 Å². The zero-order valence-corrected chi connectivity index (χ0v) is 17.5. The van der Waals surface area contributed by atoms with Crippen LogP contribution in [0.3, 0.4) is 0 Å². The average Bonchev–Trinajstić information content (AvgIpc) is 3.52. The molecule has 8 heteroatoms. The fourth-order valence-electron chi connectivity index (χ4n) is 3.79.